The van der Waals surface area contributed by atoms with Crippen molar-refractivity contribution in [2.75, 3.05) is 0 Å². The van der Waals surface area contributed by atoms with E-state index in [1.807, 2.05) is 0 Å². The van der Waals surface area contributed by atoms with Crippen molar-refractivity contribution in [3.05, 3.63) is 59.2 Å². The molecule has 2 aromatic rings. The van der Waals surface area contributed by atoms with Crippen molar-refractivity contribution in [3.63, 3.8) is 0 Å². The van der Waals surface area contributed by atoms with Gasteiger partial charge in [-0.15, -0.1) is 0 Å². The van der Waals surface area contributed by atoms with Crippen molar-refractivity contribution in [3.8, 4) is 17.6 Å². The normalized spacial score (nSPS) is 11.0. The van der Waals surface area contributed by atoms with Gasteiger partial charge < -0.3 is 4.74 Å². The van der Waals surface area contributed by atoms with Crippen LogP contribution in [-0.2, 0) is 6.18 Å². The van der Waals surface area contributed by atoms with Crippen LogP contribution in [-0.4, -0.2) is 0 Å². The molecule has 0 heterocycles. The predicted octanol–water partition coefficient (Wildman–Crippen LogP) is 4.65. The number of nitriles is 1. The second-order valence-electron chi connectivity index (χ2n) is 3.97. The maximum Gasteiger partial charge on any atom is 0.417 e. The summed E-state index contributed by atoms with van der Waals surface area (Å²) in [6.07, 6.45) is -4.78. The lowest BCUT2D eigenvalue weighted by Gasteiger charge is -2.12. The highest BCUT2D eigenvalue weighted by molar-refractivity contribution is 5.45. The highest BCUT2D eigenvalue weighted by Crippen LogP contribution is 2.36. The van der Waals surface area contributed by atoms with E-state index >= 15 is 0 Å². The number of nitrogens with zero attached hydrogens (tertiary/aromatic N) is 1. The second kappa shape index (κ2) is 5.40. The fourth-order valence-electron chi connectivity index (χ4n) is 1.62. The molecule has 0 bridgehead atoms. The minimum Gasteiger partial charge on any atom is -0.451 e. The SMILES string of the molecule is N#Cc1ccc(Oc2c(F)cccc2F)cc1C(F)(F)F. The maximum atomic E-state index is 13.4. The molecule has 0 unspecified atom stereocenters. The van der Waals surface area contributed by atoms with Gasteiger partial charge in [0.2, 0.25) is 0 Å². The molecule has 7 heteroatoms. The van der Waals surface area contributed by atoms with Crippen LogP contribution in [0.15, 0.2) is 36.4 Å². The van der Waals surface area contributed by atoms with E-state index in [-0.39, 0.29) is 0 Å². The van der Waals surface area contributed by atoms with Crippen LogP contribution in [0, 0.1) is 23.0 Å². The number of benzene rings is 2. The molecule has 0 spiro atoms. The van der Waals surface area contributed by atoms with E-state index in [0.29, 0.717) is 6.07 Å². The van der Waals surface area contributed by atoms with Crippen LogP contribution < -0.4 is 4.74 Å². The summed E-state index contributed by atoms with van der Waals surface area (Å²) in [5, 5.41) is 8.64. The smallest absolute Gasteiger partial charge is 0.417 e. The number of halogens is 5. The Morgan fingerprint density at radius 3 is 2.14 bits per heavy atom. The summed E-state index contributed by atoms with van der Waals surface area (Å²) in [6, 6.07) is 6.72. The molecule has 108 valence electrons. The van der Waals surface area contributed by atoms with E-state index in [1.54, 1.807) is 0 Å². The molecule has 2 aromatic carbocycles. The number of para-hydroxylation sites is 1. The van der Waals surface area contributed by atoms with Gasteiger partial charge in [0.25, 0.3) is 0 Å². The maximum absolute atomic E-state index is 13.4. The molecule has 0 saturated carbocycles. The zero-order valence-corrected chi connectivity index (χ0v) is 10.2. The van der Waals surface area contributed by atoms with Gasteiger partial charge >= 0.3 is 6.18 Å². The summed E-state index contributed by atoms with van der Waals surface area (Å²) >= 11 is 0. The average Bonchev–Trinajstić information content (AvgIpc) is 2.42. The molecule has 0 aromatic heterocycles. The third-order valence-electron chi connectivity index (χ3n) is 2.56. The van der Waals surface area contributed by atoms with Crippen molar-refractivity contribution < 1.29 is 26.7 Å². The first-order chi connectivity index (χ1) is 9.82. The molecule has 0 atom stereocenters. The fraction of sp³-hybridized carbons (Fsp3) is 0.0714. The Morgan fingerprint density at radius 1 is 1.00 bits per heavy atom. The number of hydrogen-bond acceptors (Lipinski definition) is 2. The predicted molar refractivity (Wildman–Crippen MR) is 62.6 cm³/mol. The summed E-state index contributed by atoms with van der Waals surface area (Å²) in [6.45, 7) is 0. The quantitative estimate of drug-likeness (QED) is 0.756. The summed E-state index contributed by atoms with van der Waals surface area (Å²) in [5.74, 6) is -3.33. The third-order valence-corrected chi connectivity index (χ3v) is 2.56. The second-order valence-corrected chi connectivity index (χ2v) is 3.97. The summed E-state index contributed by atoms with van der Waals surface area (Å²) in [4.78, 5) is 0. The van der Waals surface area contributed by atoms with Gasteiger partial charge in [-0.1, -0.05) is 6.07 Å². The van der Waals surface area contributed by atoms with Gasteiger partial charge in [-0.05, 0) is 30.3 Å². The molecule has 0 fully saturated rings. The number of hydrogen-bond donors (Lipinski definition) is 0. The van der Waals surface area contributed by atoms with Crippen LogP contribution in [0.25, 0.3) is 0 Å². The molecule has 0 aliphatic heterocycles. The number of alkyl halides is 3. The van der Waals surface area contributed by atoms with E-state index in [2.05, 4.69) is 0 Å². The van der Waals surface area contributed by atoms with E-state index in [9.17, 15) is 22.0 Å². The molecule has 21 heavy (non-hydrogen) atoms. The lowest BCUT2D eigenvalue weighted by molar-refractivity contribution is -0.137. The van der Waals surface area contributed by atoms with E-state index in [0.717, 1.165) is 30.3 Å². The van der Waals surface area contributed by atoms with Crippen LogP contribution in [0.1, 0.15) is 11.1 Å². The standard InChI is InChI=1S/C14H6F5NO/c15-11-2-1-3-12(16)13(11)21-9-5-4-8(7-20)10(6-9)14(17,18)19/h1-6H. The molecule has 0 N–H and O–H groups in total. The molecule has 0 amide bonds. The van der Waals surface area contributed by atoms with Crippen molar-refractivity contribution >= 4 is 0 Å². The summed E-state index contributed by atoms with van der Waals surface area (Å²) in [7, 11) is 0. The van der Waals surface area contributed by atoms with Crippen LogP contribution in [0.5, 0.6) is 11.5 Å². The van der Waals surface area contributed by atoms with Gasteiger partial charge in [0.1, 0.15) is 5.75 Å². The van der Waals surface area contributed by atoms with Crippen LogP contribution in [0.3, 0.4) is 0 Å². The molecule has 0 saturated heterocycles. The zero-order valence-electron chi connectivity index (χ0n) is 10.2. The first-order valence-corrected chi connectivity index (χ1v) is 5.56. The Labute approximate surface area is 116 Å². The first-order valence-electron chi connectivity index (χ1n) is 5.56. The lowest BCUT2D eigenvalue weighted by atomic mass is 10.1. The zero-order chi connectivity index (χ0) is 15.6. The molecule has 2 nitrogen and oxygen atoms in total. The minimum absolute atomic E-state index is 0.426. The molecule has 0 radical (unpaired) electrons. The van der Waals surface area contributed by atoms with Crippen LogP contribution in [0.4, 0.5) is 22.0 Å². The Morgan fingerprint density at radius 2 is 1.62 bits per heavy atom. The highest BCUT2D eigenvalue weighted by Gasteiger charge is 2.34. The van der Waals surface area contributed by atoms with Gasteiger partial charge in [0, 0.05) is 0 Å². The van der Waals surface area contributed by atoms with Crippen LogP contribution in [0.2, 0.25) is 0 Å². The molecule has 0 aliphatic carbocycles. The van der Waals surface area contributed by atoms with Crippen molar-refractivity contribution in [1.29, 1.82) is 5.26 Å². The van der Waals surface area contributed by atoms with Crippen molar-refractivity contribution in [2.45, 2.75) is 6.18 Å². The number of ether oxygens (including phenoxy) is 1. The molecular formula is C14H6F5NO. The van der Waals surface area contributed by atoms with Crippen molar-refractivity contribution in [2.24, 2.45) is 0 Å². The number of rotatable bonds is 2. The third kappa shape index (κ3) is 3.11. The average molecular weight is 299 g/mol. The van der Waals surface area contributed by atoms with E-state index in [1.165, 1.54) is 6.07 Å². The van der Waals surface area contributed by atoms with Crippen LogP contribution >= 0.6 is 0 Å². The van der Waals surface area contributed by atoms with Gasteiger partial charge in [-0.2, -0.15) is 18.4 Å². The highest BCUT2D eigenvalue weighted by atomic mass is 19.4. The van der Waals surface area contributed by atoms with E-state index in [4.69, 9.17) is 10.00 Å². The Hall–Kier alpha value is -2.62. The van der Waals surface area contributed by atoms with E-state index < -0.39 is 40.4 Å². The molecular weight excluding hydrogens is 293 g/mol. The fourth-order valence-corrected chi connectivity index (χ4v) is 1.62. The molecule has 0 aliphatic rings. The van der Waals surface area contributed by atoms with Gasteiger partial charge in [-0.25, -0.2) is 8.78 Å². The Bertz CT molecular complexity index is 698. The monoisotopic (exact) mass is 299 g/mol. The largest absolute Gasteiger partial charge is 0.451 e. The topological polar surface area (TPSA) is 33.0 Å². The van der Waals surface area contributed by atoms with Gasteiger partial charge in [-0.3, -0.25) is 0 Å². The Balaban J connectivity index is 2.45. The van der Waals surface area contributed by atoms with Gasteiger partial charge in [0.15, 0.2) is 17.4 Å². The first kappa shape index (κ1) is 14.8. The summed E-state index contributed by atoms with van der Waals surface area (Å²) < 4.78 is 69.8. The summed E-state index contributed by atoms with van der Waals surface area (Å²) in [5.41, 5.74) is -1.84. The molecule has 2 rings (SSSR count). The Kier molecular flexibility index (Phi) is 3.80. The lowest BCUT2D eigenvalue weighted by Crippen LogP contribution is -2.08. The minimum atomic E-state index is -4.78. The van der Waals surface area contributed by atoms with Gasteiger partial charge in [0.05, 0.1) is 17.2 Å². The van der Waals surface area contributed by atoms with Crippen molar-refractivity contribution in [1.82, 2.24) is 0 Å².